The lowest BCUT2D eigenvalue weighted by atomic mass is 9.89. The summed E-state index contributed by atoms with van der Waals surface area (Å²) in [5, 5.41) is 11.6. The van der Waals surface area contributed by atoms with E-state index in [2.05, 4.69) is 17.3 Å². The van der Waals surface area contributed by atoms with E-state index in [1.54, 1.807) is 12.1 Å². The Morgan fingerprint density at radius 3 is 2.68 bits per heavy atom. The number of amides is 1. The second-order valence-electron chi connectivity index (χ2n) is 4.98. The highest BCUT2D eigenvalue weighted by Crippen LogP contribution is 2.37. The summed E-state index contributed by atoms with van der Waals surface area (Å²) >= 11 is 6.26. The summed E-state index contributed by atoms with van der Waals surface area (Å²) in [7, 11) is 2.09. The Kier molecular flexibility index (Phi) is 4.17. The molecule has 1 heterocycles. The zero-order valence-electron chi connectivity index (χ0n) is 10.8. The summed E-state index contributed by atoms with van der Waals surface area (Å²) in [5.41, 5.74) is 7.69. The van der Waals surface area contributed by atoms with Crippen LogP contribution in [0.25, 0.3) is 0 Å². The van der Waals surface area contributed by atoms with Gasteiger partial charge in [-0.05, 0) is 56.6 Å². The summed E-state index contributed by atoms with van der Waals surface area (Å²) in [4.78, 5) is 13.0. The van der Waals surface area contributed by atoms with Crippen molar-refractivity contribution < 1.29 is 9.90 Å². The minimum atomic E-state index is -1.10. The Hall–Kier alpha value is -1.46. The first-order valence-corrected chi connectivity index (χ1v) is 6.62. The van der Waals surface area contributed by atoms with E-state index in [-0.39, 0.29) is 0 Å². The second-order valence-corrected chi connectivity index (χ2v) is 5.35. The molecule has 2 rings (SSSR count). The lowest BCUT2D eigenvalue weighted by Crippen LogP contribution is -2.29. The van der Waals surface area contributed by atoms with Crippen molar-refractivity contribution >= 4 is 29.1 Å². The predicted octanol–water partition coefficient (Wildman–Crippen LogP) is 2.82. The molecule has 0 spiro atoms. The number of nitrogens with zero attached hydrogens (tertiary/aromatic N) is 1. The van der Waals surface area contributed by atoms with E-state index in [0.717, 1.165) is 31.5 Å². The highest BCUT2D eigenvalue weighted by Gasteiger charge is 2.22. The molecule has 0 bridgehead atoms. The molecular weight excluding hydrogens is 266 g/mol. The standard InChI is InChI=1S/C13H18ClN3O2/c1-17-4-2-8(3-5-17)10-6-9(16-13(18)19)7-11(15)12(10)14/h6-8,16H,2-5,15H2,1H3,(H,18,19). The molecule has 1 aliphatic heterocycles. The van der Waals surface area contributed by atoms with Crippen LogP contribution in [0.1, 0.15) is 24.3 Å². The number of nitrogens with two attached hydrogens (primary N) is 1. The van der Waals surface area contributed by atoms with Crippen molar-refractivity contribution in [1.82, 2.24) is 4.90 Å². The molecule has 0 saturated carbocycles. The van der Waals surface area contributed by atoms with Gasteiger partial charge in [0.05, 0.1) is 10.7 Å². The Labute approximate surface area is 117 Å². The van der Waals surface area contributed by atoms with Crippen LogP contribution in [-0.4, -0.2) is 36.2 Å². The molecule has 104 valence electrons. The normalized spacial score (nSPS) is 17.4. The van der Waals surface area contributed by atoms with E-state index < -0.39 is 6.09 Å². The summed E-state index contributed by atoms with van der Waals surface area (Å²) in [6.07, 6.45) is 0.911. The van der Waals surface area contributed by atoms with Gasteiger partial charge in [0.2, 0.25) is 0 Å². The van der Waals surface area contributed by atoms with Gasteiger partial charge in [-0.1, -0.05) is 11.6 Å². The summed E-state index contributed by atoms with van der Waals surface area (Å²) in [5.74, 6) is 0.335. The zero-order valence-corrected chi connectivity index (χ0v) is 11.6. The van der Waals surface area contributed by atoms with Crippen molar-refractivity contribution in [2.45, 2.75) is 18.8 Å². The first-order chi connectivity index (χ1) is 8.97. The number of carboxylic acid groups (broad SMARTS) is 1. The molecule has 0 atom stereocenters. The molecule has 19 heavy (non-hydrogen) atoms. The van der Waals surface area contributed by atoms with Gasteiger partial charge in [0.1, 0.15) is 0 Å². The maximum Gasteiger partial charge on any atom is 0.409 e. The van der Waals surface area contributed by atoms with E-state index in [1.165, 1.54) is 0 Å². The number of hydrogen-bond donors (Lipinski definition) is 3. The maximum absolute atomic E-state index is 10.7. The summed E-state index contributed by atoms with van der Waals surface area (Å²) < 4.78 is 0. The third-order valence-corrected chi connectivity index (χ3v) is 3.97. The van der Waals surface area contributed by atoms with Crippen LogP contribution >= 0.6 is 11.6 Å². The topological polar surface area (TPSA) is 78.6 Å². The van der Waals surface area contributed by atoms with Crippen molar-refractivity contribution in [3.8, 4) is 0 Å². The number of hydrogen-bond acceptors (Lipinski definition) is 3. The third kappa shape index (κ3) is 3.30. The molecule has 1 amide bonds. The molecule has 1 aliphatic rings. The Bertz CT molecular complexity index is 485. The van der Waals surface area contributed by atoms with E-state index >= 15 is 0 Å². The molecule has 4 N–H and O–H groups in total. The van der Waals surface area contributed by atoms with Crippen LogP contribution in [-0.2, 0) is 0 Å². The molecule has 5 nitrogen and oxygen atoms in total. The van der Waals surface area contributed by atoms with Gasteiger partial charge >= 0.3 is 6.09 Å². The van der Waals surface area contributed by atoms with Crippen LogP contribution in [0.4, 0.5) is 16.2 Å². The zero-order chi connectivity index (χ0) is 14.0. The van der Waals surface area contributed by atoms with Crippen LogP contribution < -0.4 is 11.1 Å². The minimum Gasteiger partial charge on any atom is -0.465 e. The van der Waals surface area contributed by atoms with Crippen molar-refractivity contribution in [3.05, 3.63) is 22.7 Å². The van der Waals surface area contributed by atoms with Gasteiger partial charge in [-0.25, -0.2) is 4.79 Å². The number of likely N-dealkylation sites (tertiary alicyclic amines) is 1. The highest BCUT2D eigenvalue weighted by molar-refractivity contribution is 6.34. The Balaban J connectivity index is 2.27. The van der Waals surface area contributed by atoms with Crippen molar-refractivity contribution in [2.24, 2.45) is 0 Å². The maximum atomic E-state index is 10.7. The lowest BCUT2D eigenvalue weighted by Gasteiger charge is -2.30. The van der Waals surface area contributed by atoms with E-state index in [9.17, 15) is 4.79 Å². The molecule has 0 aromatic heterocycles. The SMILES string of the molecule is CN1CCC(c2cc(NC(=O)O)cc(N)c2Cl)CC1. The van der Waals surface area contributed by atoms with Crippen LogP contribution in [0.3, 0.4) is 0 Å². The van der Waals surface area contributed by atoms with Gasteiger partial charge in [0, 0.05) is 5.69 Å². The van der Waals surface area contributed by atoms with Crippen molar-refractivity contribution in [2.75, 3.05) is 31.2 Å². The average molecular weight is 284 g/mol. The fraction of sp³-hybridized carbons (Fsp3) is 0.462. The van der Waals surface area contributed by atoms with Crippen molar-refractivity contribution in [1.29, 1.82) is 0 Å². The number of carbonyl (C=O) groups is 1. The molecule has 6 heteroatoms. The van der Waals surface area contributed by atoms with Gasteiger partial charge in [0.15, 0.2) is 0 Å². The van der Waals surface area contributed by atoms with Gasteiger partial charge in [-0.3, -0.25) is 5.32 Å². The highest BCUT2D eigenvalue weighted by atomic mass is 35.5. The Morgan fingerprint density at radius 2 is 2.11 bits per heavy atom. The molecule has 0 radical (unpaired) electrons. The smallest absolute Gasteiger partial charge is 0.409 e. The van der Waals surface area contributed by atoms with Gasteiger partial charge in [0.25, 0.3) is 0 Å². The Morgan fingerprint density at radius 1 is 1.47 bits per heavy atom. The fourth-order valence-corrected chi connectivity index (χ4v) is 2.75. The van der Waals surface area contributed by atoms with Crippen LogP contribution in [0.2, 0.25) is 5.02 Å². The van der Waals surface area contributed by atoms with E-state index in [0.29, 0.717) is 22.3 Å². The largest absolute Gasteiger partial charge is 0.465 e. The first kappa shape index (κ1) is 14.0. The molecule has 1 fully saturated rings. The average Bonchev–Trinajstić information content (AvgIpc) is 2.34. The number of benzene rings is 1. The quantitative estimate of drug-likeness (QED) is 0.729. The van der Waals surface area contributed by atoms with E-state index in [4.69, 9.17) is 22.4 Å². The summed E-state index contributed by atoms with van der Waals surface area (Å²) in [6, 6.07) is 3.34. The number of piperidine rings is 1. The molecule has 0 unspecified atom stereocenters. The third-order valence-electron chi connectivity index (χ3n) is 3.54. The fourth-order valence-electron chi connectivity index (χ4n) is 2.48. The van der Waals surface area contributed by atoms with Crippen LogP contribution in [0.5, 0.6) is 0 Å². The number of rotatable bonds is 2. The number of nitrogen functional groups attached to an aromatic ring is 1. The first-order valence-electron chi connectivity index (χ1n) is 6.24. The number of halogens is 1. The van der Waals surface area contributed by atoms with Crippen molar-refractivity contribution in [3.63, 3.8) is 0 Å². The van der Waals surface area contributed by atoms with Gasteiger partial charge in [-0.2, -0.15) is 0 Å². The number of nitrogens with one attached hydrogen (secondary N) is 1. The second kappa shape index (κ2) is 5.67. The number of anilines is 2. The summed E-state index contributed by atoms with van der Waals surface area (Å²) in [6.45, 7) is 2.02. The predicted molar refractivity (Wildman–Crippen MR) is 77.0 cm³/mol. The lowest BCUT2D eigenvalue weighted by molar-refractivity contribution is 0.209. The monoisotopic (exact) mass is 283 g/mol. The van der Waals surface area contributed by atoms with E-state index in [1.807, 2.05) is 0 Å². The van der Waals surface area contributed by atoms with Gasteiger partial charge in [-0.15, -0.1) is 0 Å². The molecule has 1 aromatic carbocycles. The molecular formula is C13H18ClN3O2. The minimum absolute atomic E-state index is 0.335. The molecule has 1 aromatic rings. The molecule has 1 saturated heterocycles. The van der Waals surface area contributed by atoms with Gasteiger partial charge < -0.3 is 15.7 Å². The van der Waals surface area contributed by atoms with Crippen LogP contribution in [0.15, 0.2) is 12.1 Å². The van der Waals surface area contributed by atoms with Crippen LogP contribution in [0, 0.1) is 0 Å². The molecule has 0 aliphatic carbocycles.